The van der Waals surface area contributed by atoms with Crippen LogP contribution in [0.4, 0.5) is 0 Å². The van der Waals surface area contributed by atoms with Crippen molar-refractivity contribution in [2.45, 2.75) is 39.2 Å². The zero-order valence-corrected chi connectivity index (χ0v) is 14.1. The zero-order valence-electron chi connectivity index (χ0n) is 14.1. The lowest BCUT2D eigenvalue weighted by Gasteiger charge is -2.17. The summed E-state index contributed by atoms with van der Waals surface area (Å²) < 4.78 is 2.06. The molecule has 0 radical (unpaired) electrons. The Morgan fingerprint density at radius 3 is 2.88 bits per heavy atom. The van der Waals surface area contributed by atoms with Gasteiger partial charge in [0.2, 0.25) is 5.91 Å². The van der Waals surface area contributed by atoms with Crippen molar-refractivity contribution in [1.82, 2.24) is 25.1 Å². The van der Waals surface area contributed by atoms with Gasteiger partial charge >= 0.3 is 0 Å². The summed E-state index contributed by atoms with van der Waals surface area (Å²) in [6.45, 7) is 4.64. The molecule has 3 aromatic rings. The molecule has 6 nitrogen and oxygen atoms in total. The van der Waals surface area contributed by atoms with Crippen molar-refractivity contribution < 1.29 is 4.79 Å². The fraction of sp³-hybridized carbons (Fsp3) is 0.389. The van der Waals surface area contributed by atoms with Gasteiger partial charge in [-0.2, -0.15) is 5.10 Å². The Kier molecular flexibility index (Phi) is 4.93. The Balaban J connectivity index is 1.75. The minimum atomic E-state index is -0.291. The summed E-state index contributed by atoms with van der Waals surface area (Å²) in [4.78, 5) is 17.3. The Bertz CT molecular complexity index is 806. The molecule has 1 atom stereocenters. The lowest BCUT2D eigenvalue weighted by atomic mass is 10.2. The van der Waals surface area contributed by atoms with Crippen LogP contribution in [0.3, 0.4) is 0 Å². The van der Waals surface area contributed by atoms with Crippen LogP contribution < -0.4 is 5.32 Å². The van der Waals surface area contributed by atoms with E-state index in [-0.39, 0.29) is 11.9 Å². The number of hydrogen-bond acceptors (Lipinski definition) is 3. The number of nitrogens with zero attached hydrogens (tertiary/aromatic N) is 3. The second-order valence-electron chi connectivity index (χ2n) is 5.94. The predicted molar refractivity (Wildman–Crippen MR) is 93.7 cm³/mol. The molecule has 0 bridgehead atoms. The Labute approximate surface area is 141 Å². The molecule has 2 aromatic heterocycles. The number of benzene rings is 1. The van der Waals surface area contributed by atoms with Crippen LogP contribution >= 0.6 is 0 Å². The van der Waals surface area contributed by atoms with Gasteiger partial charge in [-0.3, -0.25) is 9.89 Å². The van der Waals surface area contributed by atoms with Crippen LogP contribution in [0.2, 0.25) is 0 Å². The highest BCUT2D eigenvalue weighted by atomic mass is 16.2. The second-order valence-corrected chi connectivity index (χ2v) is 5.94. The average molecular weight is 325 g/mol. The third-order valence-electron chi connectivity index (χ3n) is 4.16. The standard InChI is InChI=1S/C18H23N5O/c1-3-6-17-21-15-7-4-5-8-16(15)23(17)13(2)18(24)19-11-9-14-10-12-20-22-14/h4-5,7-8,10,12-13H,3,6,9,11H2,1-2H3,(H,19,24)(H,20,22). The fourth-order valence-electron chi connectivity index (χ4n) is 2.94. The first-order chi connectivity index (χ1) is 11.7. The molecular weight excluding hydrogens is 302 g/mol. The van der Waals surface area contributed by atoms with Gasteiger partial charge in [-0.25, -0.2) is 4.98 Å². The van der Waals surface area contributed by atoms with Crippen LogP contribution in [0.25, 0.3) is 11.0 Å². The minimum Gasteiger partial charge on any atom is -0.354 e. The molecule has 0 fully saturated rings. The van der Waals surface area contributed by atoms with Crippen LogP contribution in [0.5, 0.6) is 0 Å². The van der Waals surface area contributed by atoms with Crippen LogP contribution in [0.1, 0.15) is 37.8 Å². The number of fused-ring (bicyclic) bond motifs is 1. The predicted octanol–water partition coefficient (Wildman–Crippen LogP) is 2.63. The van der Waals surface area contributed by atoms with Crippen molar-refractivity contribution >= 4 is 16.9 Å². The number of rotatable bonds is 7. The highest BCUT2D eigenvalue weighted by molar-refractivity contribution is 5.84. The lowest BCUT2D eigenvalue weighted by Crippen LogP contribution is -2.33. The lowest BCUT2D eigenvalue weighted by molar-refractivity contribution is -0.123. The van der Waals surface area contributed by atoms with Crippen molar-refractivity contribution in [2.24, 2.45) is 0 Å². The van der Waals surface area contributed by atoms with Gasteiger partial charge in [0, 0.05) is 31.3 Å². The quantitative estimate of drug-likeness (QED) is 0.701. The van der Waals surface area contributed by atoms with E-state index in [1.165, 1.54) is 0 Å². The van der Waals surface area contributed by atoms with Gasteiger partial charge in [0.25, 0.3) is 0 Å². The molecule has 0 aliphatic carbocycles. The topological polar surface area (TPSA) is 75.6 Å². The Morgan fingerprint density at radius 2 is 2.12 bits per heavy atom. The number of aryl methyl sites for hydroxylation is 1. The third-order valence-corrected chi connectivity index (χ3v) is 4.16. The molecule has 2 heterocycles. The molecule has 1 amide bonds. The van der Waals surface area contributed by atoms with Crippen LogP contribution in [0, 0.1) is 0 Å². The minimum absolute atomic E-state index is 0.00928. The first-order valence-corrected chi connectivity index (χ1v) is 8.42. The number of imidazole rings is 1. The van der Waals surface area contributed by atoms with E-state index in [2.05, 4.69) is 27.0 Å². The number of amides is 1. The molecule has 0 saturated heterocycles. The first-order valence-electron chi connectivity index (χ1n) is 8.42. The second kappa shape index (κ2) is 7.29. The number of hydrogen-bond donors (Lipinski definition) is 2. The number of nitrogens with one attached hydrogen (secondary N) is 2. The number of carbonyl (C=O) groups excluding carboxylic acids is 1. The SMILES string of the molecule is CCCc1nc2ccccc2n1C(C)C(=O)NCCc1ccn[nH]1. The highest BCUT2D eigenvalue weighted by Gasteiger charge is 2.20. The number of para-hydroxylation sites is 2. The van der Waals surface area contributed by atoms with Crippen molar-refractivity contribution in [2.75, 3.05) is 6.54 Å². The van der Waals surface area contributed by atoms with Crippen LogP contribution in [0.15, 0.2) is 36.5 Å². The summed E-state index contributed by atoms with van der Waals surface area (Å²) in [7, 11) is 0. The Hall–Kier alpha value is -2.63. The van der Waals surface area contributed by atoms with E-state index in [1.54, 1.807) is 6.20 Å². The van der Waals surface area contributed by atoms with Crippen molar-refractivity contribution in [3.63, 3.8) is 0 Å². The summed E-state index contributed by atoms with van der Waals surface area (Å²) in [6.07, 6.45) is 4.32. The van der Waals surface area contributed by atoms with Crippen LogP contribution in [-0.4, -0.2) is 32.2 Å². The van der Waals surface area contributed by atoms with E-state index in [4.69, 9.17) is 4.98 Å². The average Bonchev–Trinajstić information content (AvgIpc) is 3.21. The molecule has 3 rings (SSSR count). The molecule has 0 aliphatic heterocycles. The van der Waals surface area contributed by atoms with E-state index in [1.807, 2.05) is 37.3 Å². The van der Waals surface area contributed by atoms with E-state index >= 15 is 0 Å². The Morgan fingerprint density at radius 1 is 1.29 bits per heavy atom. The normalized spacial score (nSPS) is 12.4. The van der Waals surface area contributed by atoms with Crippen molar-refractivity contribution in [3.8, 4) is 0 Å². The fourth-order valence-corrected chi connectivity index (χ4v) is 2.94. The van der Waals surface area contributed by atoms with Gasteiger partial charge in [-0.1, -0.05) is 19.1 Å². The number of H-pyrrole nitrogens is 1. The summed E-state index contributed by atoms with van der Waals surface area (Å²) in [6, 6.07) is 9.60. The summed E-state index contributed by atoms with van der Waals surface area (Å²) in [5.41, 5.74) is 2.97. The molecule has 1 aromatic carbocycles. The van der Waals surface area contributed by atoms with Gasteiger partial charge in [0.15, 0.2) is 0 Å². The first kappa shape index (κ1) is 16.2. The largest absolute Gasteiger partial charge is 0.354 e. The maximum absolute atomic E-state index is 12.6. The van der Waals surface area contributed by atoms with E-state index < -0.39 is 0 Å². The van der Waals surface area contributed by atoms with E-state index in [0.717, 1.165) is 41.8 Å². The van der Waals surface area contributed by atoms with Gasteiger partial charge in [0.1, 0.15) is 11.9 Å². The molecule has 0 aliphatic rings. The number of aromatic amines is 1. The molecule has 0 saturated carbocycles. The number of aromatic nitrogens is 4. The molecule has 1 unspecified atom stereocenters. The molecule has 126 valence electrons. The summed E-state index contributed by atoms with van der Waals surface area (Å²) in [5, 5.41) is 9.82. The van der Waals surface area contributed by atoms with E-state index in [0.29, 0.717) is 6.54 Å². The van der Waals surface area contributed by atoms with Gasteiger partial charge in [-0.15, -0.1) is 0 Å². The van der Waals surface area contributed by atoms with Crippen LogP contribution in [-0.2, 0) is 17.6 Å². The summed E-state index contributed by atoms with van der Waals surface area (Å²) >= 11 is 0. The maximum atomic E-state index is 12.6. The number of carbonyl (C=O) groups is 1. The van der Waals surface area contributed by atoms with Crippen molar-refractivity contribution in [1.29, 1.82) is 0 Å². The highest BCUT2D eigenvalue weighted by Crippen LogP contribution is 2.22. The van der Waals surface area contributed by atoms with Gasteiger partial charge in [-0.05, 0) is 31.5 Å². The van der Waals surface area contributed by atoms with Crippen molar-refractivity contribution in [3.05, 3.63) is 48.0 Å². The molecule has 24 heavy (non-hydrogen) atoms. The van der Waals surface area contributed by atoms with Gasteiger partial charge < -0.3 is 9.88 Å². The summed E-state index contributed by atoms with van der Waals surface area (Å²) in [5.74, 6) is 0.977. The van der Waals surface area contributed by atoms with Gasteiger partial charge in [0.05, 0.1) is 11.0 Å². The third kappa shape index (κ3) is 3.32. The monoisotopic (exact) mass is 325 g/mol. The van der Waals surface area contributed by atoms with E-state index in [9.17, 15) is 4.79 Å². The maximum Gasteiger partial charge on any atom is 0.242 e. The molecular formula is C18H23N5O. The molecule has 0 spiro atoms. The molecule has 6 heteroatoms. The zero-order chi connectivity index (χ0) is 16.9. The molecule has 2 N–H and O–H groups in total. The smallest absolute Gasteiger partial charge is 0.242 e.